The maximum absolute atomic E-state index is 13.7. The zero-order valence-corrected chi connectivity index (χ0v) is 20.6. The summed E-state index contributed by atoms with van der Waals surface area (Å²) in [6.45, 7) is 2.94. The van der Waals surface area contributed by atoms with Crippen LogP contribution in [0.15, 0.2) is 34.8 Å². The highest BCUT2D eigenvalue weighted by Gasteiger charge is 2.46. The van der Waals surface area contributed by atoms with Gasteiger partial charge in [0.15, 0.2) is 11.5 Å². The van der Waals surface area contributed by atoms with Crippen molar-refractivity contribution in [2.45, 2.75) is 57.2 Å². The van der Waals surface area contributed by atoms with Gasteiger partial charge in [0.25, 0.3) is 5.56 Å². The number of benzene rings is 1. The van der Waals surface area contributed by atoms with E-state index in [9.17, 15) is 9.59 Å². The molecule has 0 radical (unpaired) electrons. The lowest BCUT2D eigenvalue weighted by atomic mass is 9.68. The number of hydrogen-bond acceptors (Lipinski definition) is 6. The molecule has 1 aromatic carbocycles. The van der Waals surface area contributed by atoms with Gasteiger partial charge in [0.05, 0.1) is 31.8 Å². The molecule has 0 saturated carbocycles. The van der Waals surface area contributed by atoms with Crippen molar-refractivity contribution >= 4 is 16.7 Å². The smallest absolute Gasteiger partial charge is 0.279 e. The molecule has 2 bridgehead atoms. The van der Waals surface area contributed by atoms with Gasteiger partial charge in [0.1, 0.15) is 6.54 Å². The minimum atomic E-state index is -0.336. The number of hydrogen-bond donors (Lipinski definition) is 0. The molecule has 8 heteroatoms. The Morgan fingerprint density at radius 2 is 2.03 bits per heavy atom. The molecule has 1 amide bonds. The fraction of sp³-hybridized carbons (Fsp3) is 0.593. The van der Waals surface area contributed by atoms with E-state index in [1.54, 1.807) is 25.4 Å². The maximum atomic E-state index is 13.7. The van der Waals surface area contributed by atoms with E-state index in [0.29, 0.717) is 40.1 Å². The van der Waals surface area contributed by atoms with Gasteiger partial charge in [0, 0.05) is 24.5 Å². The molecule has 4 aliphatic rings. The van der Waals surface area contributed by atoms with Crippen LogP contribution in [0.1, 0.15) is 38.5 Å². The van der Waals surface area contributed by atoms with Crippen LogP contribution in [-0.4, -0.2) is 71.4 Å². The highest BCUT2D eigenvalue weighted by Crippen LogP contribution is 2.45. The summed E-state index contributed by atoms with van der Waals surface area (Å²) < 4.78 is 12.1. The van der Waals surface area contributed by atoms with Crippen LogP contribution in [0, 0.1) is 11.8 Å². The Morgan fingerprint density at radius 3 is 2.86 bits per heavy atom. The Bertz CT molecular complexity index is 1240. The number of amides is 1. The molecule has 2 aromatic rings. The van der Waals surface area contributed by atoms with Crippen LogP contribution >= 0.6 is 0 Å². The Labute approximate surface area is 205 Å². The third-order valence-electron chi connectivity index (χ3n) is 8.62. The van der Waals surface area contributed by atoms with E-state index in [2.05, 4.69) is 16.1 Å². The molecule has 186 valence electrons. The van der Waals surface area contributed by atoms with E-state index >= 15 is 0 Å². The molecule has 35 heavy (non-hydrogen) atoms. The quantitative estimate of drug-likeness (QED) is 0.629. The van der Waals surface area contributed by atoms with Crippen molar-refractivity contribution in [2.75, 3.05) is 33.9 Å². The molecule has 3 saturated heterocycles. The molecular weight excluding hydrogens is 444 g/mol. The SMILES string of the molecule is COc1ccc2cnn(CC(=O)N3CCCC4=C[C@H]5C[C@H](CN6CCCC[C@H]56)[C@@H]43)c(=O)c2c1OC. The first-order chi connectivity index (χ1) is 17.1. The first-order valence-electron chi connectivity index (χ1n) is 12.9. The van der Waals surface area contributed by atoms with Gasteiger partial charge in [-0.15, -0.1) is 0 Å². The average molecular weight is 479 g/mol. The number of methoxy groups -OCH3 is 2. The van der Waals surface area contributed by atoms with Gasteiger partial charge in [-0.25, -0.2) is 4.68 Å². The molecule has 3 fully saturated rings. The van der Waals surface area contributed by atoms with Crippen molar-refractivity contribution in [1.29, 1.82) is 0 Å². The summed E-state index contributed by atoms with van der Waals surface area (Å²) in [6, 6.07) is 4.38. The lowest BCUT2D eigenvalue weighted by Gasteiger charge is -2.54. The van der Waals surface area contributed by atoms with E-state index in [-0.39, 0.29) is 24.1 Å². The van der Waals surface area contributed by atoms with E-state index in [1.807, 2.05) is 4.90 Å². The minimum absolute atomic E-state index is 0.0318. The summed E-state index contributed by atoms with van der Waals surface area (Å²) >= 11 is 0. The normalized spacial score (nSPS) is 28.2. The number of piperidine rings is 3. The van der Waals surface area contributed by atoms with Gasteiger partial charge in [-0.3, -0.25) is 14.5 Å². The highest BCUT2D eigenvalue weighted by molar-refractivity contribution is 5.89. The van der Waals surface area contributed by atoms with E-state index in [1.165, 1.54) is 49.6 Å². The number of ether oxygens (including phenoxy) is 2. The van der Waals surface area contributed by atoms with Crippen molar-refractivity contribution in [2.24, 2.45) is 11.8 Å². The van der Waals surface area contributed by atoms with Crippen LogP contribution in [0.2, 0.25) is 0 Å². The summed E-state index contributed by atoms with van der Waals surface area (Å²) in [5.41, 5.74) is 1.11. The topological polar surface area (TPSA) is 76.9 Å². The molecular formula is C27H34N4O4. The fourth-order valence-corrected chi connectivity index (χ4v) is 7.17. The van der Waals surface area contributed by atoms with Gasteiger partial charge in [-0.1, -0.05) is 18.1 Å². The summed E-state index contributed by atoms with van der Waals surface area (Å²) in [5.74, 6) is 1.93. The number of rotatable bonds is 4. The third kappa shape index (κ3) is 3.73. The van der Waals surface area contributed by atoms with Gasteiger partial charge in [-0.2, -0.15) is 5.10 Å². The van der Waals surface area contributed by atoms with Crippen LogP contribution in [0.3, 0.4) is 0 Å². The van der Waals surface area contributed by atoms with Crippen LogP contribution in [0.25, 0.3) is 10.8 Å². The Hall–Kier alpha value is -2.87. The maximum Gasteiger partial charge on any atom is 0.279 e. The molecule has 0 spiro atoms. The van der Waals surface area contributed by atoms with Crippen molar-refractivity contribution in [3.05, 3.63) is 40.3 Å². The molecule has 3 aliphatic heterocycles. The Balaban J connectivity index is 1.30. The molecule has 4 atom stereocenters. The van der Waals surface area contributed by atoms with Gasteiger partial charge < -0.3 is 14.4 Å². The fourth-order valence-electron chi connectivity index (χ4n) is 7.17. The number of aromatic nitrogens is 2. The lowest BCUT2D eigenvalue weighted by Crippen LogP contribution is -2.60. The average Bonchev–Trinajstić information content (AvgIpc) is 2.89. The standard InChI is InChI=1S/C27H34N4O4/c1-34-22-9-8-18-14-28-31(27(33)24(18)26(22)35-2)16-23(32)30-11-5-6-17-12-19-13-20(25(17)30)15-29-10-4-3-7-21(19)29/h8-9,12,14,19-21,25H,3-7,10-11,13,15-16H2,1-2H3/t19-,20+,21+,25+/m0/s1. The molecule has 1 aliphatic carbocycles. The zero-order chi connectivity index (χ0) is 24.1. The second-order valence-electron chi connectivity index (χ2n) is 10.5. The first-order valence-corrected chi connectivity index (χ1v) is 12.9. The second kappa shape index (κ2) is 8.97. The molecule has 8 nitrogen and oxygen atoms in total. The van der Waals surface area contributed by atoms with Gasteiger partial charge in [0.2, 0.25) is 5.91 Å². The number of likely N-dealkylation sites (tertiary alicyclic amines) is 1. The predicted octanol–water partition coefficient (Wildman–Crippen LogP) is 2.84. The first kappa shape index (κ1) is 22.6. The van der Waals surface area contributed by atoms with Gasteiger partial charge >= 0.3 is 0 Å². The number of carbonyl (C=O) groups is 1. The number of fused-ring (bicyclic) bond motifs is 7. The summed E-state index contributed by atoms with van der Waals surface area (Å²) in [7, 11) is 3.06. The van der Waals surface area contributed by atoms with Crippen LogP contribution in [0.5, 0.6) is 11.5 Å². The van der Waals surface area contributed by atoms with Crippen molar-refractivity contribution in [3.63, 3.8) is 0 Å². The lowest BCUT2D eigenvalue weighted by molar-refractivity contribution is -0.137. The zero-order valence-electron chi connectivity index (χ0n) is 20.6. The van der Waals surface area contributed by atoms with Crippen molar-refractivity contribution in [1.82, 2.24) is 19.6 Å². The van der Waals surface area contributed by atoms with E-state index in [0.717, 1.165) is 25.9 Å². The van der Waals surface area contributed by atoms with E-state index < -0.39 is 0 Å². The third-order valence-corrected chi connectivity index (χ3v) is 8.62. The Morgan fingerprint density at radius 1 is 1.14 bits per heavy atom. The molecule has 6 rings (SSSR count). The van der Waals surface area contributed by atoms with Crippen LogP contribution in [0.4, 0.5) is 0 Å². The second-order valence-corrected chi connectivity index (χ2v) is 10.5. The summed E-state index contributed by atoms with van der Waals surface area (Å²) in [5, 5.41) is 5.38. The van der Waals surface area contributed by atoms with Crippen molar-refractivity contribution in [3.8, 4) is 11.5 Å². The molecule has 4 heterocycles. The number of nitrogens with zero attached hydrogens (tertiary/aromatic N) is 4. The van der Waals surface area contributed by atoms with Crippen molar-refractivity contribution < 1.29 is 14.3 Å². The van der Waals surface area contributed by atoms with Gasteiger partial charge in [-0.05, 0) is 62.6 Å². The minimum Gasteiger partial charge on any atom is -0.493 e. The molecule has 1 aromatic heterocycles. The highest BCUT2D eigenvalue weighted by atomic mass is 16.5. The predicted molar refractivity (Wildman–Crippen MR) is 133 cm³/mol. The Kier molecular flexibility index (Phi) is 5.79. The summed E-state index contributed by atoms with van der Waals surface area (Å²) in [4.78, 5) is 31.8. The molecule has 0 N–H and O–H groups in total. The summed E-state index contributed by atoms with van der Waals surface area (Å²) in [6.07, 6.45) is 11.3. The monoisotopic (exact) mass is 478 g/mol. The van der Waals surface area contributed by atoms with E-state index in [4.69, 9.17) is 9.47 Å². The number of carbonyl (C=O) groups excluding carboxylic acids is 1. The van der Waals surface area contributed by atoms with Crippen LogP contribution < -0.4 is 15.0 Å². The molecule has 0 unspecified atom stereocenters. The van der Waals surface area contributed by atoms with Crippen LogP contribution in [-0.2, 0) is 11.3 Å². The largest absolute Gasteiger partial charge is 0.493 e.